The lowest BCUT2D eigenvalue weighted by Gasteiger charge is -2.28. The Balaban J connectivity index is 2.16. The third-order valence-electron chi connectivity index (χ3n) is 4.37. The Morgan fingerprint density at radius 2 is 2.00 bits per heavy atom. The van der Waals surface area contributed by atoms with E-state index in [1.165, 1.54) is 56.2 Å². The van der Waals surface area contributed by atoms with Gasteiger partial charge in [0, 0.05) is 17.9 Å². The molecular formula is C17H28N2. The number of nitrogens with one attached hydrogen (secondary N) is 1. The second-order valence-electron chi connectivity index (χ2n) is 5.86. The molecule has 0 aliphatic heterocycles. The van der Waals surface area contributed by atoms with Gasteiger partial charge in [0.25, 0.3) is 0 Å². The minimum Gasteiger partial charge on any atom is -0.310 e. The lowest BCUT2D eigenvalue weighted by molar-refractivity contribution is 0.324. The van der Waals surface area contributed by atoms with E-state index in [4.69, 9.17) is 0 Å². The molecule has 1 heterocycles. The van der Waals surface area contributed by atoms with E-state index >= 15 is 0 Å². The molecule has 0 aromatic carbocycles. The molecule has 2 rings (SSSR count). The zero-order valence-corrected chi connectivity index (χ0v) is 12.5. The van der Waals surface area contributed by atoms with Crippen molar-refractivity contribution in [2.24, 2.45) is 5.92 Å². The summed E-state index contributed by atoms with van der Waals surface area (Å²) in [5.74, 6) is 0.789. The van der Waals surface area contributed by atoms with Gasteiger partial charge in [-0.2, -0.15) is 0 Å². The fourth-order valence-electron chi connectivity index (χ4n) is 3.30. The third-order valence-corrected chi connectivity index (χ3v) is 4.37. The van der Waals surface area contributed by atoms with Gasteiger partial charge in [0.05, 0.1) is 0 Å². The standard InChI is InChI=1S/C17H28N2/c1-3-12-19-17(15-9-6-4-5-7-10-15)16-11-8-13-18-14(16)2/h8,11,13,15,17,19H,3-7,9-10,12H2,1-2H3. The van der Waals surface area contributed by atoms with E-state index < -0.39 is 0 Å². The van der Waals surface area contributed by atoms with Crippen LogP contribution in [0.4, 0.5) is 0 Å². The number of aromatic nitrogens is 1. The molecule has 1 saturated carbocycles. The Bertz CT molecular complexity index is 367. The highest BCUT2D eigenvalue weighted by atomic mass is 14.9. The quantitative estimate of drug-likeness (QED) is 0.794. The summed E-state index contributed by atoms with van der Waals surface area (Å²) in [6.45, 7) is 5.50. The van der Waals surface area contributed by atoms with Gasteiger partial charge in [-0.05, 0) is 50.3 Å². The zero-order chi connectivity index (χ0) is 13.5. The van der Waals surface area contributed by atoms with Gasteiger partial charge in [0.1, 0.15) is 0 Å². The molecule has 0 bridgehead atoms. The van der Waals surface area contributed by atoms with Crippen molar-refractivity contribution in [1.29, 1.82) is 0 Å². The molecule has 2 nitrogen and oxygen atoms in total. The fourth-order valence-corrected chi connectivity index (χ4v) is 3.30. The van der Waals surface area contributed by atoms with Crippen LogP contribution in [0.25, 0.3) is 0 Å². The van der Waals surface area contributed by atoms with E-state index in [0.717, 1.165) is 12.5 Å². The van der Waals surface area contributed by atoms with Crippen LogP contribution in [0.1, 0.15) is 69.2 Å². The molecule has 2 heteroatoms. The molecule has 1 atom stereocenters. The normalized spacial score (nSPS) is 19.1. The Morgan fingerprint density at radius 1 is 1.26 bits per heavy atom. The first kappa shape index (κ1) is 14.5. The lowest BCUT2D eigenvalue weighted by atomic mass is 9.86. The molecule has 1 aliphatic carbocycles. The van der Waals surface area contributed by atoms with Crippen LogP contribution in [-0.2, 0) is 0 Å². The van der Waals surface area contributed by atoms with Crippen molar-refractivity contribution in [1.82, 2.24) is 10.3 Å². The zero-order valence-electron chi connectivity index (χ0n) is 12.5. The summed E-state index contributed by atoms with van der Waals surface area (Å²) in [6.07, 6.45) is 11.5. The SMILES string of the molecule is CCCNC(c1cccnc1C)C1CCCCCC1. The maximum Gasteiger partial charge on any atom is 0.0420 e. The highest BCUT2D eigenvalue weighted by molar-refractivity contribution is 5.23. The van der Waals surface area contributed by atoms with Crippen molar-refractivity contribution in [3.8, 4) is 0 Å². The van der Waals surface area contributed by atoms with Gasteiger partial charge in [0.2, 0.25) is 0 Å². The van der Waals surface area contributed by atoms with Gasteiger partial charge < -0.3 is 5.32 Å². The Kier molecular flexibility index (Phi) is 5.84. The molecule has 0 saturated heterocycles. The molecule has 106 valence electrons. The summed E-state index contributed by atoms with van der Waals surface area (Å²) in [6, 6.07) is 4.85. The van der Waals surface area contributed by atoms with Crippen LogP contribution in [0.3, 0.4) is 0 Å². The molecule has 1 fully saturated rings. The predicted octanol–water partition coefficient (Wildman–Crippen LogP) is 4.40. The average molecular weight is 260 g/mol. The highest BCUT2D eigenvalue weighted by Crippen LogP contribution is 2.34. The predicted molar refractivity (Wildman–Crippen MR) is 81.2 cm³/mol. The van der Waals surface area contributed by atoms with Crippen LogP contribution in [0.2, 0.25) is 0 Å². The number of aryl methyl sites for hydroxylation is 1. The summed E-state index contributed by atoms with van der Waals surface area (Å²) in [5.41, 5.74) is 2.61. The van der Waals surface area contributed by atoms with Gasteiger partial charge in [-0.15, -0.1) is 0 Å². The first-order valence-electron chi connectivity index (χ1n) is 7.97. The molecule has 1 unspecified atom stereocenters. The molecule has 1 aromatic heterocycles. The number of hydrogen-bond donors (Lipinski definition) is 1. The van der Waals surface area contributed by atoms with Crippen LogP contribution in [0, 0.1) is 12.8 Å². The molecule has 1 aliphatic rings. The second kappa shape index (κ2) is 7.64. The number of rotatable bonds is 5. The lowest BCUT2D eigenvalue weighted by Crippen LogP contribution is -2.29. The third kappa shape index (κ3) is 4.04. The summed E-state index contributed by atoms with van der Waals surface area (Å²) >= 11 is 0. The van der Waals surface area contributed by atoms with Crippen molar-refractivity contribution < 1.29 is 0 Å². The summed E-state index contributed by atoms with van der Waals surface area (Å²) in [7, 11) is 0. The molecular weight excluding hydrogens is 232 g/mol. The Labute approximate surface area is 118 Å². The number of pyridine rings is 1. The largest absolute Gasteiger partial charge is 0.310 e. The van der Waals surface area contributed by atoms with Gasteiger partial charge in [-0.1, -0.05) is 38.7 Å². The topological polar surface area (TPSA) is 24.9 Å². The first-order chi connectivity index (χ1) is 9.33. The van der Waals surface area contributed by atoms with E-state index in [2.05, 4.69) is 36.3 Å². The molecule has 1 aromatic rings. The highest BCUT2D eigenvalue weighted by Gasteiger charge is 2.24. The maximum absolute atomic E-state index is 4.49. The van der Waals surface area contributed by atoms with E-state index in [1.54, 1.807) is 0 Å². The van der Waals surface area contributed by atoms with Crippen molar-refractivity contribution in [2.45, 2.75) is 64.8 Å². The van der Waals surface area contributed by atoms with Crippen molar-refractivity contribution in [2.75, 3.05) is 6.54 Å². The molecule has 0 amide bonds. The Hall–Kier alpha value is -0.890. The van der Waals surface area contributed by atoms with Crippen LogP contribution in [-0.4, -0.2) is 11.5 Å². The van der Waals surface area contributed by atoms with Gasteiger partial charge >= 0.3 is 0 Å². The smallest absolute Gasteiger partial charge is 0.0420 e. The van der Waals surface area contributed by atoms with Gasteiger partial charge in [0.15, 0.2) is 0 Å². The van der Waals surface area contributed by atoms with Crippen molar-refractivity contribution in [3.63, 3.8) is 0 Å². The van der Waals surface area contributed by atoms with E-state index in [9.17, 15) is 0 Å². The molecule has 0 spiro atoms. The fraction of sp³-hybridized carbons (Fsp3) is 0.706. The first-order valence-corrected chi connectivity index (χ1v) is 7.97. The molecule has 19 heavy (non-hydrogen) atoms. The van der Waals surface area contributed by atoms with Crippen LogP contribution < -0.4 is 5.32 Å². The van der Waals surface area contributed by atoms with Crippen LogP contribution >= 0.6 is 0 Å². The molecule has 1 N–H and O–H groups in total. The molecule has 0 radical (unpaired) electrons. The van der Waals surface area contributed by atoms with E-state index in [-0.39, 0.29) is 0 Å². The van der Waals surface area contributed by atoms with Gasteiger partial charge in [-0.3, -0.25) is 4.98 Å². The van der Waals surface area contributed by atoms with Crippen LogP contribution in [0.5, 0.6) is 0 Å². The summed E-state index contributed by atoms with van der Waals surface area (Å²) < 4.78 is 0. The second-order valence-corrected chi connectivity index (χ2v) is 5.86. The Morgan fingerprint density at radius 3 is 2.63 bits per heavy atom. The van der Waals surface area contributed by atoms with Crippen molar-refractivity contribution in [3.05, 3.63) is 29.6 Å². The van der Waals surface area contributed by atoms with E-state index in [1.807, 2.05) is 6.20 Å². The van der Waals surface area contributed by atoms with Crippen molar-refractivity contribution >= 4 is 0 Å². The number of nitrogens with zero attached hydrogens (tertiary/aromatic N) is 1. The minimum absolute atomic E-state index is 0.506. The minimum atomic E-state index is 0.506. The maximum atomic E-state index is 4.49. The van der Waals surface area contributed by atoms with E-state index in [0.29, 0.717) is 6.04 Å². The summed E-state index contributed by atoms with van der Waals surface area (Å²) in [4.78, 5) is 4.49. The number of hydrogen-bond acceptors (Lipinski definition) is 2. The monoisotopic (exact) mass is 260 g/mol. The van der Waals surface area contributed by atoms with Gasteiger partial charge in [-0.25, -0.2) is 0 Å². The van der Waals surface area contributed by atoms with Crippen LogP contribution in [0.15, 0.2) is 18.3 Å². The average Bonchev–Trinajstić information content (AvgIpc) is 2.70. The summed E-state index contributed by atoms with van der Waals surface area (Å²) in [5, 5.41) is 3.78.